The molecule has 0 spiro atoms. The van der Waals surface area contributed by atoms with Gasteiger partial charge in [-0.1, -0.05) is 17.7 Å². The number of hydrogen-bond donors (Lipinski definition) is 1. The van der Waals surface area contributed by atoms with Gasteiger partial charge in [0.2, 0.25) is 10.0 Å². The van der Waals surface area contributed by atoms with Gasteiger partial charge in [-0.05, 0) is 37.3 Å². The predicted molar refractivity (Wildman–Crippen MR) is 85.8 cm³/mol. The van der Waals surface area contributed by atoms with Gasteiger partial charge >= 0.3 is 5.97 Å². The minimum absolute atomic E-state index is 0.00454. The summed E-state index contributed by atoms with van der Waals surface area (Å²) in [5, 5.41) is 0. The Morgan fingerprint density at radius 2 is 2.05 bits per heavy atom. The Balaban J connectivity index is 2.25. The summed E-state index contributed by atoms with van der Waals surface area (Å²) in [7, 11) is -2.52. The lowest BCUT2D eigenvalue weighted by molar-refractivity contribution is 0.0600. The molecule has 5 nitrogen and oxygen atoms in total. The highest BCUT2D eigenvalue weighted by Gasteiger charge is 2.20. The van der Waals surface area contributed by atoms with Crippen LogP contribution in [0.4, 0.5) is 0 Å². The van der Waals surface area contributed by atoms with E-state index < -0.39 is 22.0 Å². The number of nitrogens with one attached hydrogen (secondary N) is 1. The largest absolute Gasteiger partial charge is 0.465 e. The maximum Gasteiger partial charge on any atom is 0.337 e. The molecule has 1 aromatic heterocycles. The van der Waals surface area contributed by atoms with E-state index in [1.54, 1.807) is 19.1 Å². The molecule has 2 rings (SSSR count). The molecule has 0 aliphatic carbocycles. The topological polar surface area (TPSA) is 72.5 Å². The molecule has 0 fully saturated rings. The van der Waals surface area contributed by atoms with Gasteiger partial charge in [-0.2, -0.15) is 0 Å². The maximum absolute atomic E-state index is 12.4. The van der Waals surface area contributed by atoms with E-state index in [0.717, 1.165) is 4.88 Å². The molecule has 118 valence electrons. The molecule has 22 heavy (non-hydrogen) atoms. The lowest BCUT2D eigenvalue weighted by atomic mass is 10.2. The number of sulfonamides is 1. The predicted octanol–water partition coefficient (Wildman–Crippen LogP) is 3.23. The first-order chi connectivity index (χ1) is 10.3. The second kappa shape index (κ2) is 6.78. The van der Waals surface area contributed by atoms with Crippen LogP contribution in [0.1, 0.15) is 28.2 Å². The van der Waals surface area contributed by atoms with Crippen molar-refractivity contribution >= 4 is 38.9 Å². The van der Waals surface area contributed by atoms with Crippen molar-refractivity contribution in [2.75, 3.05) is 7.11 Å². The van der Waals surface area contributed by atoms with Crippen LogP contribution in [0.3, 0.4) is 0 Å². The number of benzene rings is 1. The Hall–Kier alpha value is -1.41. The number of carbonyl (C=O) groups is 1. The minimum Gasteiger partial charge on any atom is -0.465 e. The summed E-state index contributed by atoms with van der Waals surface area (Å²) in [5.41, 5.74) is 0.178. The van der Waals surface area contributed by atoms with Crippen LogP contribution < -0.4 is 4.72 Å². The van der Waals surface area contributed by atoms with Gasteiger partial charge in [-0.25, -0.2) is 17.9 Å². The molecule has 1 atom stereocenters. The van der Waals surface area contributed by atoms with Crippen LogP contribution in [-0.2, 0) is 14.8 Å². The summed E-state index contributed by atoms with van der Waals surface area (Å²) >= 11 is 7.16. The molecule has 0 saturated heterocycles. The van der Waals surface area contributed by atoms with Gasteiger partial charge in [0.15, 0.2) is 0 Å². The Bertz CT molecular complexity index is 786. The second-order valence-electron chi connectivity index (χ2n) is 4.50. The van der Waals surface area contributed by atoms with Crippen molar-refractivity contribution in [3.05, 3.63) is 51.2 Å². The van der Waals surface area contributed by atoms with Crippen LogP contribution in [0.25, 0.3) is 0 Å². The molecule has 1 N–H and O–H groups in total. The van der Waals surface area contributed by atoms with E-state index in [1.165, 1.54) is 42.7 Å². The molecule has 1 heterocycles. The van der Waals surface area contributed by atoms with E-state index in [0.29, 0.717) is 4.34 Å². The van der Waals surface area contributed by atoms with E-state index in [-0.39, 0.29) is 10.5 Å². The number of rotatable bonds is 5. The summed E-state index contributed by atoms with van der Waals surface area (Å²) < 4.78 is 32.5. The third kappa shape index (κ3) is 3.86. The normalized spacial score (nSPS) is 12.9. The number of carbonyl (C=O) groups excluding carboxylic acids is 1. The molecule has 0 saturated carbocycles. The third-order valence-corrected chi connectivity index (χ3v) is 5.87. The van der Waals surface area contributed by atoms with E-state index in [4.69, 9.17) is 11.6 Å². The van der Waals surface area contributed by atoms with Crippen LogP contribution in [-0.4, -0.2) is 21.5 Å². The Morgan fingerprint density at radius 3 is 2.64 bits per heavy atom. The average molecular weight is 360 g/mol. The number of thiophene rings is 1. The molecule has 1 unspecified atom stereocenters. The van der Waals surface area contributed by atoms with Gasteiger partial charge in [0, 0.05) is 4.88 Å². The van der Waals surface area contributed by atoms with Crippen molar-refractivity contribution in [3.63, 3.8) is 0 Å². The fourth-order valence-corrected chi connectivity index (χ4v) is 4.23. The van der Waals surface area contributed by atoms with E-state index in [2.05, 4.69) is 9.46 Å². The van der Waals surface area contributed by atoms with Crippen molar-refractivity contribution in [3.8, 4) is 0 Å². The summed E-state index contributed by atoms with van der Waals surface area (Å²) in [5.74, 6) is -0.588. The molecular formula is C14H14ClNO4S2. The molecule has 8 heteroatoms. The number of hydrogen-bond acceptors (Lipinski definition) is 5. The molecule has 0 aliphatic rings. The zero-order chi connectivity index (χ0) is 16.3. The van der Waals surface area contributed by atoms with Crippen molar-refractivity contribution in [2.45, 2.75) is 17.9 Å². The lowest BCUT2D eigenvalue weighted by Crippen LogP contribution is -2.26. The first kappa shape index (κ1) is 17.0. The smallest absolute Gasteiger partial charge is 0.337 e. The highest BCUT2D eigenvalue weighted by molar-refractivity contribution is 7.89. The first-order valence-corrected chi connectivity index (χ1v) is 8.97. The van der Waals surface area contributed by atoms with Crippen LogP contribution in [0.15, 0.2) is 41.3 Å². The average Bonchev–Trinajstić information content (AvgIpc) is 2.93. The van der Waals surface area contributed by atoms with E-state index in [1.807, 2.05) is 0 Å². The van der Waals surface area contributed by atoms with Gasteiger partial charge in [0.25, 0.3) is 0 Å². The standard InChI is InChI=1S/C14H14ClNO4S2/c1-9(12-6-7-13(15)21-12)16-22(18,19)11-5-3-4-10(8-11)14(17)20-2/h3-9,16H,1-2H3. The molecule has 0 bridgehead atoms. The fraction of sp³-hybridized carbons (Fsp3) is 0.214. The molecule has 0 aliphatic heterocycles. The van der Waals surface area contributed by atoms with Crippen molar-refractivity contribution in [1.82, 2.24) is 4.72 Å². The Kier molecular flexibility index (Phi) is 5.23. The SMILES string of the molecule is COC(=O)c1cccc(S(=O)(=O)NC(C)c2ccc(Cl)s2)c1. The van der Waals surface area contributed by atoms with Gasteiger partial charge in [0.1, 0.15) is 0 Å². The molecule has 1 aromatic carbocycles. The third-order valence-electron chi connectivity index (χ3n) is 2.92. The zero-order valence-electron chi connectivity index (χ0n) is 11.9. The van der Waals surface area contributed by atoms with Crippen LogP contribution >= 0.6 is 22.9 Å². The van der Waals surface area contributed by atoms with Crippen molar-refractivity contribution < 1.29 is 17.9 Å². The fourth-order valence-electron chi connectivity index (χ4n) is 1.83. The second-order valence-corrected chi connectivity index (χ2v) is 7.96. The number of ether oxygens (including phenoxy) is 1. The molecule has 0 radical (unpaired) electrons. The Labute approximate surface area is 137 Å². The quantitative estimate of drug-likeness (QED) is 0.832. The van der Waals surface area contributed by atoms with E-state index >= 15 is 0 Å². The monoisotopic (exact) mass is 359 g/mol. The van der Waals surface area contributed by atoms with Crippen LogP contribution in [0, 0.1) is 0 Å². The van der Waals surface area contributed by atoms with Crippen LogP contribution in [0.2, 0.25) is 4.34 Å². The summed E-state index contributed by atoms with van der Waals surface area (Å²) in [6, 6.07) is 8.74. The van der Waals surface area contributed by atoms with Gasteiger partial charge < -0.3 is 4.74 Å². The summed E-state index contributed by atoms with van der Waals surface area (Å²) in [6.07, 6.45) is 0. The van der Waals surface area contributed by atoms with Crippen molar-refractivity contribution in [2.24, 2.45) is 0 Å². The summed E-state index contributed by atoms with van der Waals surface area (Å²) in [4.78, 5) is 12.3. The van der Waals surface area contributed by atoms with Crippen molar-refractivity contribution in [1.29, 1.82) is 0 Å². The maximum atomic E-state index is 12.4. The first-order valence-electron chi connectivity index (χ1n) is 6.29. The lowest BCUT2D eigenvalue weighted by Gasteiger charge is -2.13. The number of esters is 1. The Morgan fingerprint density at radius 1 is 1.32 bits per heavy atom. The summed E-state index contributed by atoms with van der Waals surface area (Å²) in [6.45, 7) is 1.73. The number of halogens is 1. The zero-order valence-corrected chi connectivity index (χ0v) is 14.3. The number of methoxy groups -OCH3 is 1. The highest BCUT2D eigenvalue weighted by atomic mass is 35.5. The molecular weight excluding hydrogens is 346 g/mol. The minimum atomic E-state index is -3.76. The van der Waals surface area contributed by atoms with Crippen LogP contribution in [0.5, 0.6) is 0 Å². The van der Waals surface area contributed by atoms with E-state index in [9.17, 15) is 13.2 Å². The molecule has 0 amide bonds. The molecule has 2 aromatic rings. The van der Waals surface area contributed by atoms with Gasteiger partial charge in [-0.3, -0.25) is 0 Å². The van der Waals surface area contributed by atoms with Gasteiger partial charge in [-0.15, -0.1) is 11.3 Å². The highest BCUT2D eigenvalue weighted by Crippen LogP contribution is 2.27. The van der Waals surface area contributed by atoms with Gasteiger partial charge in [0.05, 0.1) is 27.9 Å².